The average molecular weight is 381 g/mol. The smallest absolute Gasteiger partial charge is 0.329 e. The minimum Gasteiger partial charge on any atom is -0.346 e. The molecular weight excluding hydrogens is 354 g/mol. The van der Waals surface area contributed by atoms with Crippen LogP contribution in [0.5, 0.6) is 0 Å². The zero-order valence-corrected chi connectivity index (χ0v) is 16.4. The van der Waals surface area contributed by atoms with Crippen LogP contribution >= 0.6 is 0 Å². The number of aromatic nitrogens is 4. The number of hydrogen-bond donors (Lipinski definition) is 3. The molecule has 3 aromatic heterocycles. The van der Waals surface area contributed by atoms with E-state index in [-0.39, 0.29) is 17.3 Å². The Bertz CT molecular complexity index is 1150. The molecule has 3 heterocycles. The molecule has 2 saturated carbocycles. The van der Waals surface area contributed by atoms with Crippen molar-refractivity contribution in [1.82, 2.24) is 24.8 Å². The first-order valence-electron chi connectivity index (χ1n) is 10.3. The van der Waals surface area contributed by atoms with Crippen molar-refractivity contribution in [2.75, 3.05) is 6.54 Å². The summed E-state index contributed by atoms with van der Waals surface area (Å²) in [5.41, 5.74) is 1.19. The number of hydrogen-bond acceptors (Lipinski definition) is 4. The van der Waals surface area contributed by atoms with Gasteiger partial charge in [0.1, 0.15) is 5.65 Å². The topological polar surface area (TPSA) is 95.6 Å². The number of H-pyrrole nitrogens is 2. The predicted molar refractivity (Wildman–Crippen MR) is 110 cm³/mol. The zero-order chi connectivity index (χ0) is 19.5. The molecule has 2 aliphatic rings. The van der Waals surface area contributed by atoms with Crippen LogP contribution in [0.4, 0.5) is 0 Å². The van der Waals surface area contributed by atoms with Gasteiger partial charge in [-0.2, -0.15) is 0 Å². The lowest BCUT2D eigenvalue weighted by molar-refractivity contribution is 0.264. The number of pyridine rings is 1. The van der Waals surface area contributed by atoms with Gasteiger partial charge in [0.25, 0.3) is 5.56 Å². The molecule has 0 bridgehead atoms. The van der Waals surface area contributed by atoms with Crippen LogP contribution in [0.15, 0.2) is 28.0 Å². The van der Waals surface area contributed by atoms with E-state index in [9.17, 15) is 9.59 Å². The van der Waals surface area contributed by atoms with Crippen LogP contribution in [-0.4, -0.2) is 32.1 Å². The number of aromatic amines is 2. The van der Waals surface area contributed by atoms with Crippen molar-refractivity contribution in [3.05, 3.63) is 39.3 Å². The molecule has 7 heteroatoms. The Balaban J connectivity index is 1.42. The standard InChI is InChI=1S/C21H27N5O2/c1-21(2)9-16(21)23-10-12-3-5-13(6-4-12)26-17-14-7-8-22-18(14)24-11-15(17)19(27)25-20(26)28/h7-8,11-13,16,23H,3-6,9-10H2,1-2H3,(H,22,24)(H,25,27,28)/t12-,13-,16?. The van der Waals surface area contributed by atoms with E-state index in [1.165, 1.54) is 6.42 Å². The van der Waals surface area contributed by atoms with E-state index in [1.54, 1.807) is 12.4 Å². The summed E-state index contributed by atoms with van der Waals surface area (Å²) in [6.45, 7) is 5.69. The van der Waals surface area contributed by atoms with Crippen LogP contribution in [0.2, 0.25) is 0 Å². The monoisotopic (exact) mass is 381 g/mol. The van der Waals surface area contributed by atoms with Gasteiger partial charge in [0.15, 0.2) is 0 Å². The maximum absolute atomic E-state index is 12.8. The van der Waals surface area contributed by atoms with Gasteiger partial charge in [-0.1, -0.05) is 13.8 Å². The van der Waals surface area contributed by atoms with Crippen molar-refractivity contribution in [2.24, 2.45) is 11.3 Å². The Kier molecular flexibility index (Phi) is 3.98. The molecule has 3 aromatic rings. The van der Waals surface area contributed by atoms with Gasteiger partial charge >= 0.3 is 5.69 Å². The third-order valence-electron chi connectivity index (χ3n) is 6.83. The molecule has 2 aliphatic carbocycles. The molecule has 0 aliphatic heterocycles. The highest BCUT2D eigenvalue weighted by Gasteiger charge is 2.45. The van der Waals surface area contributed by atoms with Gasteiger partial charge < -0.3 is 10.3 Å². The number of fused-ring (bicyclic) bond motifs is 3. The van der Waals surface area contributed by atoms with Crippen molar-refractivity contribution in [1.29, 1.82) is 0 Å². The second-order valence-corrected chi connectivity index (χ2v) is 9.22. The first-order valence-corrected chi connectivity index (χ1v) is 10.3. The highest BCUT2D eigenvalue weighted by Crippen LogP contribution is 2.45. The summed E-state index contributed by atoms with van der Waals surface area (Å²) in [5.74, 6) is 0.659. The molecule has 148 valence electrons. The Labute approximate surface area is 162 Å². The van der Waals surface area contributed by atoms with Crippen molar-refractivity contribution < 1.29 is 0 Å². The van der Waals surface area contributed by atoms with Crippen LogP contribution in [0.25, 0.3) is 21.9 Å². The van der Waals surface area contributed by atoms with Crippen LogP contribution < -0.4 is 16.6 Å². The van der Waals surface area contributed by atoms with Crippen molar-refractivity contribution in [3.8, 4) is 0 Å². The van der Waals surface area contributed by atoms with Gasteiger partial charge in [-0.15, -0.1) is 0 Å². The Morgan fingerprint density at radius 2 is 1.96 bits per heavy atom. The quantitative estimate of drug-likeness (QED) is 0.647. The molecule has 1 unspecified atom stereocenters. The molecule has 0 radical (unpaired) electrons. The molecule has 5 rings (SSSR count). The maximum Gasteiger partial charge on any atom is 0.329 e. The SMILES string of the molecule is CC1(C)CC1NC[C@H]1CC[C@H](n2c(=O)[nH]c(=O)c3cnc4[nH]ccc4c32)CC1. The Hall–Kier alpha value is -2.41. The Morgan fingerprint density at radius 1 is 1.21 bits per heavy atom. The van der Waals surface area contributed by atoms with E-state index >= 15 is 0 Å². The van der Waals surface area contributed by atoms with E-state index in [4.69, 9.17) is 0 Å². The lowest BCUT2D eigenvalue weighted by Crippen LogP contribution is -2.36. The van der Waals surface area contributed by atoms with Crippen molar-refractivity contribution in [2.45, 2.75) is 58.0 Å². The molecule has 0 spiro atoms. The van der Waals surface area contributed by atoms with Gasteiger partial charge in [-0.25, -0.2) is 9.78 Å². The first kappa shape index (κ1) is 17.7. The fraction of sp³-hybridized carbons (Fsp3) is 0.571. The molecule has 0 saturated heterocycles. The fourth-order valence-electron chi connectivity index (χ4n) is 4.83. The molecular formula is C21H27N5O2. The first-order chi connectivity index (χ1) is 13.4. The van der Waals surface area contributed by atoms with Crippen LogP contribution in [0.1, 0.15) is 52.0 Å². The molecule has 0 amide bonds. The van der Waals surface area contributed by atoms with Crippen molar-refractivity contribution in [3.63, 3.8) is 0 Å². The number of rotatable bonds is 4. The van der Waals surface area contributed by atoms with Gasteiger partial charge in [0.05, 0.1) is 10.9 Å². The molecule has 1 atom stereocenters. The Morgan fingerprint density at radius 3 is 2.68 bits per heavy atom. The minimum absolute atomic E-state index is 0.112. The lowest BCUT2D eigenvalue weighted by atomic mass is 9.85. The summed E-state index contributed by atoms with van der Waals surface area (Å²) >= 11 is 0. The lowest BCUT2D eigenvalue weighted by Gasteiger charge is -2.30. The number of nitrogens with one attached hydrogen (secondary N) is 3. The fourth-order valence-corrected chi connectivity index (χ4v) is 4.83. The molecule has 2 fully saturated rings. The molecule has 28 heavy (non-hydrogen) atoms. The zero-order valence-electron chi connectivity index (χ0n) is 16.4. The van der Waals surface area contributed by atoms with Gasteiger partial charge in [0.2, 0.25) is 0 Å². The predicted octanol–water partition coefficient (Wildman–Crippen LogP) is 2.69. The second kappa shape index (κ2) is 6.30. The van der Waals surface area contributed by atoms with Gasteiger partial charge in [-0.3, -0.25) is 14.3 Å². The molecule has 0 aromatic carbocycles. The van der Waals surface area contributed by atoms with E-state index in [0.717, 1.165) is 37.6 Å². The highest BCUT2D eigenvalue weighted by molar-refractivity contribution is 6.01. The van der Waals surface area contributed by atoms with Crippen molar-refractivity contribution >= 4 is 21.9 Å². The van der Waals surface area contributed by atoms with Gasteiger partial charge in [0, 0.05) is 29.9 Å². The van der Waals surface area contributed by atoms with Crippen LogP contribution in [0, 0.1) is 11.3 Å². The summed E-state index contributed by atoms with van der Waals surface area (Å²) < 4.78 is 1.81. The maximum atomic E-state index is 12.8. The van der Waals surface area contributed by atoms with E-state index in [2.05, 4.69) is 34.1 Å². The summed E-state index contributed by atoms with van der Waals surface area (Å²) in [6.07, 6.45) is 8.73. The summed E-state index contributed by atoms with van der Waals surface area (Å²) in [4.78, 5) is 35.0. The third kappa shape index (κ3) is 2.89. The van der Waals surface area contributed by atoms with E-state index < -0.39 is 0 Å². The summed E-state index contributed by atoms with van der Waals surface area (Å²) in [7, 11) is 0. The van der Waals surface area contributed by atoms with E-state index in [1.807, 2.05) is 10.6 Å². The average Bonchev–Trinajstić information content (AvgIpc) is 3.04. The largest absolute Gasteiger partial charge is 0.346 e. The summed E-state index contributed by atoms with van der Waals surface area (Å²) in [5, 5.41) is 5.02. The highest BCUT2D eigenvalue weighted by atomic mass is 16.2. The molecule has 7 nitrogen and oxygen atoms in total. The van der Waals surface area contributed by atoms with Gasteiger partial charge in [-0.05, 0) is 56.0 Å². The minimum atomic E-state index is -0.364. The van der Waals surface area contributed by atoms with Crippen LogP contribution in [0.3, 0.4) is 0 Å². The van der Waals surface area contributed by atoms with E-state index in [0.29, 0.717) is 33.9 Å². The molecule has 3 N–H and O–H groups in total. The normalized spacial score (nSPS) is 26.7. The second-order valence-electron chi connectivity index (χ2n) is 9.22. The number of nitrogens with zero attached hydrogens (tertiary/aromatic N) is 2. The third-order valence-corrected chi connectivity index (χ3v) is 6.83. The van der Waals surface area contributed by atoms with Crippen LogP contribution in [-0.2, 0) is 0 Å². The summed E-state index contributed by atoms with van der Waals surface area (Å²) in [6, 6.07) is 2.67.